The zero-order chi connectivity index (χ0) is 15.8. The van der Waals surface area contributed by atoms with E-state index in [0.29, 0.717) is 6.04 Å². The summed E-state index contributed by atoms with van der Waals surface area (Å²) in [7, 11) is 0. The van der Waals surface area contributed by atoms with Crippen molar-refractivity contribution in [3.8, 4) is 5.75 Å². The van der Waals surface area contributed by atoms with Crippen LogP contribution in [-0.4, -0.2) is 17.1 Å². The molecule has 4 rings (SSSR count). The van der Waals surface area contributed by atoms with E-state index in [1.807, 2.05) is 0 Å². The zero-order valence-corrected chi connectivity index (χ0v) is 14.3. The Morgan fingerprint density at radius 3 is 2.74 bits per heavy atom. The third-order valence-electron chi connectivity index (χ3n) is 5.34. The van der Waals surface area contributed by atoms with Crippen LogP contribution < -0.4 is 10.1 Å². The van der Waals surface area contributed by atoms with Crippen molar-refractivity contribution in [2.24, 2.45) is 0 Å². The maximum Gasteiger partial charge on any atom is 0.120 e. The van der Waals surface area contributed by atoms with Crippen molar-refractivity contribution in [2.45, 2.75) is 77.0 Å². The van der Waals surface area contributed by atoms with Gasteiger partial charge >= 0.3 is 0 Å². The minimum absolute atomic E-state index is 0.221. The van der Waals surface area contributed by atoms with Gasteiger partial charge in [0.15, 0.2) is 0 Å². The molecule has 2 N–H and O–H groups in total. The van der Waals surface area contributed by atoms with Crippen molar-refractivity contribution in [2.75, 3.05) is 0 Å². The summed E-state index contributed by atoms with van der Waals surface area (Å²) in [6.45, 7) is 4.16. The number of aromatic nitrogens is 1. The highest BCUT2D eigenvalue weighted by Gasteiger charge is 2.27. The quantitative estimate of drug-likeness (QED) is 0.845. The van der Waals surface area contributed by atoms with Crippen LogP contribution >= 0.6 is 0 Å². The second-order valence-corrected chi connectivity index (χ2v) is 7.48. The van der Waals surface area contributed by atoms with Crippen molar-refractivity contribution >= 4 is 10.9 Å². The Labute approximate surface area is 138 Å². The first-order chi connectivity index (χ1) is 11.2. The van der Waals surface area contributed by atoms with Crippen molar-refractivity contribution in [3.05, 3.63) is 29.5 Å². The molecule has 2 aromatic rings. The van der Waals surface area contributed by atoms with E-state index in [0.717, 1.165) is 11.8 Å². The van der Waals surface area contributed by atoms with Gasteiger partial charge in [-0.3, -0.25) is 0 Å². The van der Waals surface area contributed by atoms with Gasteiger partial charge in [0.1, 0.15) is 5.75 Å². The number of H-pyrrole nitrogens is 1. The monoisotopic (exact) mass is 312 g/mol. The van der Waals surface area contributed by atoms with Crippen LogP contribution in [0.5, 0.6) is 5.75 Å². The molecule has 0 aliphatic heterocycles. The van der Waals surface area contributed by atoms with Crippen LogP contribution in [0.25, 0.3) is 10.9 Å². The molecule has 124 valence electrons. The van der Waals surface area contributed by atoms with Crippen LogP contribution in [0.15, 0.2) is 18.2 Å². The van der Waals surface area contributed by atoms with Gasteiger partial charge in [-0.25, -0.2) is 0 Å². The fraction of sp³-hybridized carbons (Fsp3) is 0.600. The molecule has 2 aliphatic carbocycles. The molecule has 0 amide bonds. The molecule has 0 bridgehead atoms. The predicted molar refractivity (Wildman–Crippen MR) is 95.1 cm³/mol. The maximum absolute atomic E-state index is 5.89. The van der Waals surface area contributed by atoms with E-state index in [-0.39, 0.29) is 6.10 Å². The van der Waals surface area contributed by atoms with Gasteiger partial charge in [0, 0.05) is 28.7 Å². The van der Waals surface area contributed by atoms with Crippen LogP contribution in [0, 0.1) is 0 Å². The van der Waals surface area contributed by atoms with Gasteiger partial charge in [0.2, 0.25) is 0 Å². The number of nitrogens with one attached hydrogen (secondary N) is 2. The zero-order valence-electron chi connectivity index (χ0n) is 14.3. The van der Waals surface area contributed by atoms with Gasteiger partial charge in [-0.2, -0.15) is 0 Å². The third-order valence-corrected chi connectivity index (χ3v) is 5.34. The lowest BCUT2D eigenvalue weighted by Gasteiger charge is -2.27. The Morgan fingerprint density at radius 1 is 1.13 bits per heavy atom. The first kappa shape index (κ1) is 15.1. The number of fused-ring (bicyclic) bond motifs is 3. The summed E-state index contributed by atoms with van der Waals surface area (Å²) in [5.41, 5.74) is 4.20. The van der Waals surface area contributed by atoms with E-state index in [4.69, 9.17) is 4.74 Å². The molecule has 2 aliphatic rings. The van der Waals surface area contributed by atoms with Gasteiger partial charge in [-0.1, -0.05) is 12.8 Å². The van der Waals surface area contributed by atoms with Crippen molar-refractivity contribution in [1.82, 2.24) is 10.3 Å². The molecular weight excluding hydrogens is 284 g/mol. The fourth-order valence-corrected chi connectivity index (χ4v) is 4.33. The Hall–Kier alpha value is -1.48. The molecule has 3 heteroatoms. The van der Waals surface area contributed by atoms with Crippen LogP contribution in [0.2, 0.25) is 0 Å². The van der Waals surface area contributed by atoms with E-state index in [1.54, 1.807) is 0 Å². The molecule has 23 heavy (non-hydrogen) atoms. The van der Waals surface area contributed by atoms with E-state index in [9.17, 15) is 0 Å². The first-order valence-electron chi connectivity index (χ1n) is 9.28. The van der Waals surface area contributed by atoms with Crippen LogP contribution in [0.1, 0.15) is 69.7 Å². The average molecular weight is 312 g/mol. The Bertz CT molecular complexity index is 682. The number of benzene rings is 1. The SMILES string of the molecule is CC(C)Oc1ccc2[nH]c3c(c2c1)CCCC3NC1CCCC1. The highest BCUT2D eigenvalue weighted by molar-refractivity contribution is 5.86. The van der Waals surface area contributed by atoms with E-state index >= 15 is 0 Å². The lowest BCUT2D eigenvalue weighted by atomic mass is 9.91. The van der Waals surface area contributed by atoms with Gasteiger partial charge in [-0.15, -0.1) is 0 Å². The Balaban J connectivity index is 1.65. The van der Waals surface area contributed by atoms with E-state index in [1.165, 1.54) is 67.1 Å². The third kappa shape index (κ3) is 2.99. The highest BCUT2D eigenvalue weighted by atomic mass is 16.5. The summed E-state index contributed by atoms with van der Waals surface area (Å²) in [6.07, 6.45) is 9.41. The summed E-state index contributed by atoms with van der Waals surface area (Å²) in [5.74, 6) is 0.986. The molecule has 1 fully saturated rings. The average Bonchev–Trinajstić information content (AvgIpc) is 3.15. The Morgan fingerprint density at radius 2 is 1.96 bits per heavy atom. The second-order valence-electron chi connectivity index (χ2n) is 7.48. The second kappa shape index (κ2) is 6.20. The maximum atomic E-state index is 5.89. The molecule has 3 nitrogen and oxygen atoms in total. The highest BCUT2D eigenvalue weighted by Crippen LogP contribution is 2.37. The summed E-state index contributed by atoms with van der Waals surface area (Å²) in [5, 5.41) is 5.28. The van der Waals surface area contributed by atoms with Gasteiger partial charge < -0.3 is 15.0 Å². The molecule has 0 spiro atoms. The summed E-state index contributed by atoms with van der Waals surface area (Å²) >= 11 is 0. The van der Waals surface area contributed by atoms with Crippen LogP contribution in [-0.2, 0) is 6.42 Å². The molecule has 1 atom stereocenters. The number of aromatic amines is 1. The molecule has 1 aromatic heterocycles. The molecule has 1 aromatic carbocycles. The standard InChI is InChI=1S/C20H28N2O/c1-13(2)23-15-10-11-18-17(12-15)16-8-5-9-19(20(16)22-18)21-14-6-3-4-7-14/h10-14,19,21-22H,3-9H2,1-2H3. The van der Waals surface area contributed by atoms with E-state index in [2.05, 4.69) is 42.3 Å². The Kier molecular flexibility index (Phi) is 4.06. The molecular formula is C20H28N2O. The number of aryl methyl sites for hydroxylation is 1. The van der Waals surface area contributed by atoms with Crippen molar-refractivity contribution in [1.29, 1.82) is 0 Å². The summed E-state index contributed by atoms with van der Waals surface area (Å²) in [4.78, 5) is 3.70. The topological polar surface area (TPSA) is 37.0 Å². The lowest BCUT2D eigenvalue weighted by molar-refractivity contribution is 0.243. The first-order valence-corrected chi connectivity index (χ1v) is 9.28. The van der Waals surface area contributed by atoms with Gasteiger partial charge in [0.25, 0.3) is 0 Å². The largest absolute Gasteiger partial charge is 0.491 e. The fourth-order valence-electron chi connectivity index (χ4n) is 4.33. The number of hydrogen-bond acceptors (Lipinski definition) is 2. The van der Waals surface area contributed by atoms with Crippen LogP contribution in [0.4, 0.5) is 0 Å². The minimum Gasteiger partial charge on any atom is -0.491 e. The molecule has 0 saturated heterocycles. The van der Waals surface area contributed by atoms with Crippen molar-refractivity contribution in [3.63, 3.8) is 0 Å². The molecule has 1 unspecified atom stereocenters. The molecule has 0 radical (unpaired) electrons. The predicted octanol–water partition coefficient (Wildman–Crippen LogP) is 4.86. The summed E-state index contributed by atoms with van der Waals surface area (Å²) in [6, 6.07) is 7.71. The number of rotatable bonds is 4. The molecule has 1 heterocycles. The normalized spacial score (nSPS) is 22.0. The molecule has 1 saturated carbocycles. The van der Waals surface area contributed by atoms with Crippen LogP contribution in [0.3, 0.4) is 0 Å². The van der Waals surface area contributed by atoms with Crippen molar-refractivity contribution < 1.29 is 4.74 Å². The lowest BCUT2D eigenvalue weighted by Crippen LogP contribution is -2.32. The smallest absolute Gasteiger partial charge is 0.120 e. The summed E-state index contributed by atoms with van der Waals surface area (Å²) < 4.78 is 5.89. The van der Waals surface area contributed by atoms with Gasteiger partial charge in [-0.05, 0) is 69.7 Å². The van der Waals surface area contributed by atoms with E-state index < -0.39 is 0 Å². The minimum atomic E-state index is 0.221. The van der Waals surface area contributed by atoms with Gasteiger partial charge in [0.05, 0.1) is 6.10 Å². The number of ether oxygens (including phenoxy) is 1. The number of hydrogen-bond donors (Lipinski definition) is 2.